The fourth-order valence-corrected chi connectivity index (χ4v) is 2.75. The van der Waals surface area contributed by atoms with E-state index in [0.717, 1.165) is 11.2 Å². The first kappa shape index (κ1) is 16.0. The lowest BCUT2D eigenvalue weighted by Gasteiger charge is -2.32. The summed E-state index contributed by atoms with van der Waals surface area (Å²) in [5.41, 5.74) is 1.52. The fraction of sp³-hybridized carbons (Fsp3) is 0.812. The molecule has 122 valence electrons. The van der Waals surface area contributed by atoms with Crippen LogP contribution in [0.25, 0.3) is 0 Å². The number of hydrogen-bond donors (Lipinski definition) is 0. The molecule has 1 unspecified atom stereocenters. The molecule has 6 heteroatoms. The Bertz CT molecular complexity index is 536. The molecule has 0 spiro atoms. The van der Waals surface area contributed by atoms with Gasteiger partial charge < -0.3 is 14.0 Å². The minimum atomic E-state index is -0.344. The molecule has 2 heterocycles. The molecule has 22 heavy (non-hydrogen) atoms. The van der Waals surface area contributed by atoms with E-state index in [1.165, 1.54) is 12.8 Å². The van der Waals surface area contributed by atoms with Crippen LogP contribution in [0, 0.1) is 0 Å². The predicted molar refractivity (Wildman–Crippen MR) is 86.3 cm³/mol. The van der Waals surface area contributed by atoms with Crippen LogP contribution in [0.15, 0.2) is 6.20 Å². The lowest BCUT2D eigenvalue weighted by Crippen LogP contribution is -2.41. The van der Waals surface area contributed by atoms with E-state index in [9.17, 15) is 0 Å². The maximum Gasteiger partial charge on any atom is 0.498 e. The molecular weight excluding hydrogens is 279 g/mol. The summed E-state index contributed by atoms with van der Waals surface area (Å²) in [6.07, 6.45) is 4.37. The van der Waals surface area contributed by atoms with E-state index >= 15 is 0 Å². The summed E-state index contributed by atoms with van der Waals surface area (Å²) < 4.78 is 20.0. The van der Waals surface area contributed by atoms with Crippen molar-refractivity contribution in [1.82, 2.24) is 9.78 Å². The van der Waals surface area contributed by atoms with Gasteiger partial charge in [-0.15, -0.1) is 0 Å². The van der Waals surface area contributed by atoms with Gasteiger partial charge in [0.2, 0.25) is 0 Å². The van der Waals surface area contributed by atoms with Crippen LogP contribution in [0.4, 0.5) is 0 Å². The largest absolute Gasteiger partial charge is 0.498 e. The third-order valence-corrected chi connectivity index (χ3v) is 5.04. The van der Waals surface area contributed by atoms with Crippen LogP contribution in [0.1, 0.15) is 72.2 Å². The highest BCUT2D eigenvalue weighted by Gasteiger charge is 2.53. The minimum absolute atomic E-state index is 0.0707. The number of aromatic nitrogens is 2. The third kappa shape index (κ3) is 2.72. The fourth-order valence-electron chi connectivity index (χ4n) is 2.75. The van der Waals surface area contributed by atoms with Crippen molar-refractivity contribution in [3.05, 3.63) is 11.9 Å². The Morgan fingerprint density at radius 2 is 1.91 bits per heavy atom. The van der Waals surface area contributed by atoms with E-state index in [2.05, 4.69) is 27.7 Å². The molecule has 0 bridgehead atoms. The standard InChI is InChI=1S/C16H27BN2O3/c1-7-20-11(2)19-10-13(14(18-19)12-8-9-12)17-21-15(3,4)16(5,6)22-17/h10-12H,7-9H2,1-6H3. The van der Waals surface area contributed by atoms with Crippen LogP contribution in [0.5, 0.6) is 0 Å². The maximum absolute atomic E-state index is 6.21. The van der Waals surface area contributed by atoms with E-state index < -0.39 is 0 Å². The van der Waals surface area contributed by atoms with Crippen LogP contribution < -0.4 is 5.46 Å². The van der Waals surface area contributed by atoms with Crippen molar-refractivity contribution in [2.75, 3.05) is 6.61 Å². The van der Waals surface area contributed by atoms with E-state index in [1.54, 1.807) is 0 Å². The highest BCUT2D eigenvalue weighted by molar-refractivity contribution is 6.62. The topological polar surface area (TPSA) is 45.5 Å². The number of ether oxygens (including phenoxy) is 1. The summed E-state index contributed by atoms with van der Waals surface area (Å²) in [4.78, 5) is 0. The molecular formula is C16H27BN2O3. The maximum atomic E-state index is 6.21. The first-order valence-electron chi connectivity index (χ1n) is 8.31. The summed E-state index contributed by atoms with van der Waals surface area (Å²) in [5, 5.41) is 4.76. The minimum Gasteiger partial charge on any atom is -0.399 e. The Morgan fingerprint density at radius 1 is 1.32 bits per heavy atom. The van der Waals surface area contributed by atoms with Crippen molar-refractivity contribution >= 4 is 12.6 Å². The van der Waals surface area contributed by atoms with E-state index in [0.29, 0.717) is 12.5 Å². The molecule has 1 saturated heterocycles. The highest BCUT2D eigenvalue weighted by Crippen LogP contribution is 2.41. The summed E-state index contributed by atoms with van der Waals surface area (Å²) >= 11 is 0. The summed E-state index contributed by atoms with van der Waals surface area (Å²) in [5.74, 6) is 0.545. The second kappa shape index (κ2) is 5.36. The van der Waals surface area contributed by atoms with Gasteiger partial charge in [0.25, 0.3) is 0 Å². The molecule has 5 nitrogen and oxygen atoms in total. The van der Waals surface area contributed by atoms with E-state index in [-0.39, 0.29) is 24.5 Å². The van der Waals surface area contributed by atoms with Gasteiger partial charge in [0, 0.05) is 24.2 Å². The molecule has 0 N–H and O–H groups in total. The average Bonchev–Trinajstić information content (AvgIpc) is 3.11. The van der Waals surface area contributed by atoms with Crippen molar-refractivity contribution in [2.24, 2.45) is 0 Å². The zero-order valence-electron chi connectivity index (χ0n) is 14.5. The Morgan fingerprint density at radius 3 is 2.41 bits per heavy atom. The molecule has 1 aliphatic carbocycles. The van der Waals surface area contributed by atoms with Crippen molar-refractivity contribution in [2.45, 2.75) is 77.7 Å². The lowest BCUT2D eigenvalue weighted by atomic mass is 9.78. The molecule has 1 aliphatic heterocycles. The molecule has 2 fully saturated rings. The second-order valence-corrected chi connectivity index (χ2v) is 7.37. The van der Waals surface area contributed by atoms with Crippen LogP contribution in [0.2, 0.25) is 0 Å². The summed E-state index contributed by atoms with van der Waals surface area (Å²) in [7, 11) is -0.344. The molecule has 2 aliphatic rings. The average molecular weight is 306 g/mol. The SMILES string of the molecule is CCOC(C)n1cc(B2OC(C)(C)C(C)(C)O2)c(C2CC2)n1. The second-order valence-electron chi connectivity index (χ2n) is 7.37. The van der Waals surface area contributed by atoms with Gasteiger partial charge >= 0.3 is 7.12 Å². The van der Waals surface area contributed by atoms with Gasteiger partial charge in [-0.1, -0.05) is 0 Å². The van der Waals surface area contributed by atoms with Crippen LogP contribution in [-0.4, -0.2) is 34.7 Å². The lowest BCUT2D eigenvalue weighted by molar-refractivity contribution is 0.00578. The Labute approximate surface area is 133 Å². The predicted octanol–water partition coefficient (Wildman–Crippen LogP) is 2.61. The van der Waals surface area contributed by atoms with Crippen molar-refractivity contribution < 1.29 is 14.0 Å². The van der Waals surface area contributed by atoms with Gasteiger partial charge in [-0.05, 0) is 54.4 Å². The highest BCUT2D eigenvalue weighted by atomic mass is 16.7. The number of rotatable bonds is 5. The van der Waals surface area contributed by atoms with Gasteiger partial charge in [0.15, 0.2) is 0 Å². The molecule has 1 atom stereocenters. The van der Waals surface area contributed by atoms with Gasteiger partial charge in [0.05, 0.1) is 16.9 Å². The molecule has 1 aromatic heterocycles. The Balaban J connectivity index is 1.90. The Kier molecular flexibility index (Phi) is 3.90. The van der Waals surface area contributed by atoms with Gasteiger partial charge in [-0.25, -0.2) is 4.68 Å². The molecule has 1 saturated carbocycles. The summed E-state index contributed by atoms with van der Waals surface area (Å²) in [6.45, 7) is 13.0. The molecule has 0 aromatic carbocycles. The van der Waals surface area contributed by atoms with Gasteiger partial charge in [-0.2, -0.15) is 5.10 Å². The first-order chi connectivity index (χ1) is 10.2. The molecule has 3 rings (SSSR count). The van der Waals surface area contributed by atoms with E-state index in [1.807, 2.05) is 24.7 Å². The van der Waals surface area contributed by atoms with Crippen molar-refractivity contribution in [3.63, 3.8) is 0 Å². The van der Waals surface area contributed by atoms with Crippen LogP contribution >= 0.6 is 0 Å². The Hall–Kier alpha value is -0.845. The molecule has 1 aromatic rings. The van der Waals surface area contributed by atoms with E-state index in [4.69, 9.17) is 19.1 Å². The zero-order valence-corrected chi connectivity index (χ0v) is 14.5. The zero-order chi connectivity index (χ0) is 16.1. The first-order valence-corrected chi connectivity index (χ1v) is 8.31. The van der Waals surface area contributed by atoms with Crippen molar-refractivity contribution in [1.29, 1.82) is 0 Å². The van der Waals surface area contributed by atoms with Gasteiger partial charge in [-0.3, -0.25) is 0 Å². The number of hydrogen-bond acceptors (Lipinski definition) is 4. The third-order valence-electron chi connectivity index (χ3n) is 5.04. The normalized spacial score (nSPS) is 24.7. The number of nitrogens with zero attached hydrogens (tertiary/aromatic N) is 2. The van der Waals surface area contributed by atoms with Crippen LogP contribution in [0.3, 0.4) is 0 Å². The smallest absolute Gasteiger partial charge is 0.399 e. The molecule has 0 radical (unpaired) electrons. The quantitative estimate of drug-likeness (QED) is 0.785. The van der Waals surface area contributed by atoms with Crippen molar-refractivity contribution in [3.8, 4) is 0 Å². The van der Waals surface area contributed by atoms with Gasteiger partial charge in [0.1, 0.15) is 6.23 Å². The summed E-state index contributed by atoms with van der Waals surface area (Å²) in [6, 6.07) is 0. The van der Waals surface area contributed by atoms with Crippen LogP contribution in [-0.2, 0) is 14.0 Å². The monoisotopic (exact) mass is 306 g/mol. The molecule has 0 amide bonds.